The largest absolute Gasteiger partial charge is 0.324 e. The van der Waals surface area contributed by atoms with E-state index < -0.39 is 17.5 Å². The van der Waals surface area contributed by atoms with Crippen LogP contribution in [0.3, 0.4) is 0 Å². The lowest BCUT2D eigenvalue weighted by Crippen LogP contribution is -2.19. The van der Waals surface area contributed by atoms with Crippen LogP contribution in [0.2, 0.25) is 0 Å². The van der Waals surface area contributed by atoms with Crippen LogP contribution in [0.25, 0.3) is 33.1 Å². The molecule has 32 heavy (non-hydrogen) atoms. The van der Waals surface area contributed by atoms with Crippen molar-refractivity contribution >= 4 is 33.4 Å². The molecule has 2 aromatic heterocycles. The van der Waals surface area contributed by atoms with Crippen LogP contribution in [-0.4, -0.2) is 20.7 Å². The van der Waals surface area contributed by atoms with E-state index in [0.29, 0.717) is 38.8 Å². The normalized spacial score (nSPS) is 11.2. The molecule has 158 valence electrons. The molecule has 8 heteroatoms. The Morgan fingerprint density at radius 3 is 2.22 bits per heavy atom. The summed E-state index contributed by atoms with van der Waals surface area (Å²) >= 11 is 0. The van der Waals surface area contributed by atoms with E-state index in [0.717, 1.165) is 0 Å². The van der Waals surface area contributed by atoms with E-state index in [-0.39, 0.29) is 12.4 Å². The van der Waals surface area contributed by atoms with Crippen LogP contribution < -0.4 is 5.32 Å². The molecule has 0 fully saturated rings. The first-order chi connectivity index (χ1) is 15.5. The minimum absolute atomic E-state index is 0.176. The zero-order chi connectivity index (χ0) is 22.2. The summed E-state index contributed by atoms with van der Waals surface area (Å²) in [6, 6.07) is 15.4. The van der Waals surface area contributed by atoms with Crippen LogP contribution >= 0.6 is 0 Å². The molecule has 5 rings (SSSR count). The van der Waals surface area contributed by atoms with Crippen molar-refractivity contribution in [3.63, 3.8) is 0 Å². The quantitative estimate of drug-likeness (QED) is 0.419. The van der Waals surface area contributed by atoms with Gasteiger partial charge in [-0.3, -0.25) is 14.5 Å². The van der Waals surface area contributed by atoms with Crippen LogP contribution in [0, 0.1) is 17.5 Å². The third-order valence-electron chi connectivity index (χ3n) is 5.07. The first kappa shape index (κ1) is 19.7. The highest BCUT2D eigenvalue weighted by Gasteiger charge is 2.18. The zero-order valence-electron chi connectivity index (χ0n) is 16.5. The van der Waals surface area contributed by atoms with E-state index in [1.807, 2.05) is 0 Å². The first-order valence-electron chi connectivity index (χ1n) is 9.74. The monoisotopic (exact) mass is 432 g/mol. The van der Waals surface area contributed by atoms with Gasteiger partial charge in [0, 0.05) is 28.2 Å². The molecule has 0 saturated carbocycles. The predicted octanol–water partition coefficient (Wildman–Crippen LogP) is 5.31. The van der Waals surface area contributed by atoms with Crippen molar-refractivity contribution in [3.05, 3.63) is 90.4 Å². The Labute approximate surface area is 180 Å². The van der Waals surface area contributed by atoms with Crippen LogP contribution in [0.1, 0.15) is 0 Å². The maximum Gasteiger partial charge on any atom is 0.246 e. The standard InChI is InChI=1S/C24H15F3N4O/c25-15-3-1-14(2-4-15)23-20-12-28-21-10-7-17(27)11-19(21)24(20)31(30-23)13-22(32)29-18-8-5-16(26)6-9-18/h1-12H,13H2,(H,29,32). The van der Waals surface area contributed by atoms with Crippen molar-refractivity contribution in [2.24, 2.45) is 0 Å². The fourth-order valence-electron chi connectivity index (χ4n) is 3.63. The van der Waals surface area contributed by atoms with Crippen LogP contribution in [0.5, 0.6) is 0 Å². The Kier molecular flexibility index (Phi) is 4.82. The predicted molar refractivity (Wildman–Crippen MR) is 115 cm³/mol. The molecule has 0 saturated heterocycles. The maximum atomic E-state index is 14.0. The molecule has 0 spiro atoms. The second kappa shape index (κ2) is 7.81. The number of benzene rings is 3. The topological polar surface area (TPSA) is 59.8 Å². The Morgan fingerprint density at radius 1 is 0.844 bits per heavy atom. The van der Waals surface area contributed by atoms with Gasteiger partial charge < -0.3 is 5.32 Å². The van der Waals surface area contributed by atoms with Crippen molar-refractivity contribution in [2.75, 3.05) is 5.32 Å². The molecule has 1 amide bonds. The lowest BCUT2D eigenvalue weighted by atomic mass is 10.1. The average Bonchev–Trinajstić information content (AvgIpc) is 3.14. The highest BCUT2D eigenvalue weighted by Crippen LogP contribution is 2.32. The summed E-state index contributed by atoms with van der Waals surface area (Å²) in [6.45, 7) is -0.176. The van der Waals surface area contributed by atoms with Gasteiger partial charge in [-0.05, 0) is 66.7 Å². The summed E-state index contributed by atoms with van der Waals surface area (Å²) in [5, 5.41) is 8.37. The zero-order valence-corrected chi connectivity index (χ0v) is 16.5. The number of fused-ring (bicyclic) bond motifs is 3. The molecule has 0 radical (unpaired) electrons. The molecular formula is C24H15F3N4O. The number of halogens is 3. The van der Waals surface area contributed by atoms with Gasteiger partial charge in [-0.15, -0.1) is 0 Å². The van der Waals surface area contributed by atoms with Gasteiger partial charge >= 0.3 is 0 Å². The number of hydrogen-bond donors (Lipinski definition) is 1. The molecule has 0 aliphatic carbocycles. The molecule has 0 atom stereocenters. The molecule has 0 unspecified atom stereocenters. The van der Waals surface area contributed by atoms with Gasteiger partial charge in [0.15, 0.2) is 0 Å². The summed E-state index contributed by atoms with van der Waals surface area (Å²) in [5.74, 6) is -1.64. The van der Waals surface area contributed by atoms with E-state index in [1.54, 1.807) is 24.4 Å². The second-order valence-electron chi connectivity index (χ2n) is 7.25. The number of nitrogens with zero attached hydrogens (tertiary/aromatic N) is 3. The smallest absolute Gasteiger partial charge is 0.246 e. The number of carbonyl (C=O) groups is 1. The van der Waals surface area contributed by atoms with Crippen molar-refractivity contribution < 1.29 is 18.0 Å². The Balaban J connectivity index is 1.63. The minimum Gasteiger partial charge on any atom is -0.324 e. The van der Waals surface area contributed by atoms with Crippen molar-refractivity contribution in [1.82, 2.24) is 14.8 Å². The number of amides is 1. The van der Waals surface area contributed by atoms with E-state index >= 15 is 0 Å². The number of pyridine rings is 1. The Hall–Kier alpha value is -4.20. The van der Waals surface area contributed by atoms with Gasteiger partial charge in [-0.1, -0.05) is 0 Å². The van der Waals surface area contributed by atoms with Crippen molar-refractivity contribution in [2.45, 2.75) is 6.54 Å². The van der Waals surface area contributed by atoms with E-state index in [9.17, 15) is 18.0 Å². The highest BCUT2D eigenvalue weighted by atomic mass is 19.1. The Morgan fingerprint density at radius 2 is 1.50 bits per heavy atom. The van der Waals surface area contributed by atoms with Crippen LogP contribution in [0.4, 0.5) is 18.9 Å². The first-order valence-corrected chi connectivity index (χ1v) is 9.74. The van der Waals surface area contributed by atoms with E-state index in [4.69, 9.17) is 0 Å². The molecular weight excluding hydrogens is 417 g/mol. The molecule has 5 nitrogen and oxygen atoms in total. The summed E-state index contributed by atoms with van der Waals surface area (Å²) in [6.07, 6.45) is 1.61. The molecule has 2 heterocycles. The van der Waals surface area contributed by atoms with Gasteiger partial charge in [-0.2, -0.15) is 5.10 Å². The molecule has 1 N–H and O–H groups in total. The summed E-state index contributed by atoms with van der Waals surface area (Å²) in [7, 11) is 0. The molecule has 3 aromatic carbocycles. The summed E-state index contributed by atoms with van der Waals surface area (Å²) in [5.41, 5.74) is 2.64. The SMILES string of the molecule is O=C(Cn1nc(-c2ccc(F)cc2)c2cnc3ccc(F)cc3c21)Nc1ccc(F)cc1. The number of aromatic nitrogens is 3. The van der Waals surface area contributed by atoms with Crippen molar-refractivity contribution in [3.8, 4) is 11.3 Å². The maximum absolute atomic E-state index is 14.0. The van der Waals surface area contributed by atoms with Gasteiger partial charge in [-0.25, -0.2) is 13.2 Å². The number of rotatable bonds is 4. The number of hydrogen-bond acceptors (Lipinski definition) is 3. The fraction of sp³-hybridized carbons (Fsp3) is 0.0417. The van der Waals surface area contributed by atoms with Crippen LogP contribution in [-0.2, 0) is 11.3 Å². The van der Waals surface area contributed by atoms with Gasteiger partial charge in [0.1, 0.15) is 29.7 Å². The van der Waals surface area contributed by atoms with Gasteiger partial charge in [0.25, 0.3) is 0 Å². The second-order valence-corrected chi connectivity index (χ2v) is 7.25. The number of anilines is 1. The number of carbonyl (C=O) groups excluding carboxylic acids is 1. The third kappa shape index (κ3) is 3.66. The van der Waals surface area contributed by atoms with Gasteiger partial charge in [0.05, 0.1) is 11.0 Å². The van der Waals surface area contributed by atoms with E-state index in [2.05, 4.69) is 15.4 Å². The van der Waals surface area contributed by atoms with Crippen LogP contribution in [0.15, 0.2) is 72.9 Å². The number of nitrogens with one attached hydrogen (secondary N) is 1. The van der Waals surface area contributed by atoms with Gasteiger partial charge in [0.2, 0.25) is 5.91 Å². The summed E-state index contributed by atoms with van der Waals surface area (Å²) < 4.78 is 42.1. The molecule has 5 aromatic rings. The molecule has 0 aliphatic rings. The lowest BCUT2D eigenvalue weighted by molar-refractivity contribution is -0.116. The highest BCUT2D eigenvalue weighted by molar-refractivity contribution is 6.08. The molecule has 0 bridgehead atoms. The van der Waals surface area contributed by atoms with E-state index in [1.165, 1.54) is 53.2 Å². The lowest BCUT2D eigenvalue weighted by Gasteiger charge is -2.08. The van der Waals surface area contributed by atoms with Crippen molar-refractivity contribution in [1.29, 1.82) is 0 Å². The summed E-state index contributed by atoms with van der Waals surface area (Å²) in [4.78, 5) is 17.1. The average molecular weight is 432 g/mol. The third-order valence-corrected chi connectivity index (χ3v) is 5.07. The Bertz CT molecular complexity index is 1460. The fourth-order valence-corrected chi connectivity index (χ4v) is 3.63. The molecule has 0 aliphatic heterocycles. The minimum atomic E-state index is -0.446.